The molecule has 3 heteroatoms. The Morgan fingerprint density at radius 3 is 2.81 bits per heavy atom. The van der Waals surface area contributed by atoms with Gasteiger partial charge in [-0.2, -0.15) is 0 Å². The van der Waals surface area contributed by atoms with Crippen LogP contribution in [-0.2, 0) is 0 Å². The molecule has 0 heterocycles. The van der Waals surface area contributed by atoms with Crippen molar-refractivity contribution in [3.8, 4) is 5.75 Å². The second-order valence-corrected chi connectivity index (χ2v) is 4.57. The number of benzene rings is 1. The van der Waals surface area contributed by atoms with Crippen LogP contribution >= 0.6 is 0 Å². The lowest BCUT2D eigenvalue weighted by molar-refractivity contribution is 0.0882. The van der Waals surface area contributed by atoms with E-state index < -0.39 is 0 Å². The maximum atomic E-state index is 9.30. The van der Waals surface area contributed by atoms with Crippen LogP contribution in [0.4, 0.5) is 0 Å². The molecule has 2 unspecified atom stereocenters. The van der Waals surface area contributed by atoms with Crippen LogP contribution < -0.4 is 10.5 Å². The summed E-state index contributed by atoms with van der Waals surface area (Å²) < 4.78 is 5.73. The zero-order chi connectivity index (χ0) is 11.5. The molecule has 2 atom stereocenters. The molecule has 1 aromatic rings. The summed E-state index contributed by atoms with van der Waals surface area (Å²) in [5.41, 5.74) is 7.18. The van der Waals surface area contributed by atoms with E-state index in [9.17, 15) is 5.11 Å². The van der Waals surface area contributed by atoms with E-state index >= 15 is 0 Å². The Morgan fingerprint density at radius 2 is 2.25 bits per heavy atom. The van der Waals surface area contributed by atoms with Crippen molar-refractivity contribution in [2.75, 3.05) is 6.61 Å². The average Bonchev–Trinajstić information content (AvgIpc) is 3.09. The molecule has 1 aromatic carbocycles. The van der Waals surface area contributed by atoms with E-state index in [1.54, 1.807) is 0 Å². The van der Waals surface area contributed by atoms with Crippen molar-refractivity contribution in [1.82, 2.24) is 0 Å². The van der Waals surface area contributed by atoms with Gasteiger partial charge >= 0.3 is 0 Å². The third-order valence-corrected chi connectivity index (χ3v) is 3.05. The first-order valence-corrected chi connectivity index (χ1v) is 5.80. The first-order chi connectivity index (χ1) is 7.70. The van der Waals surface area contributed by atoms with Crippen LogP contribution in [0.5, 0.6) is 5.75 Å². The Morgan fingerprint density at radius 1 is 1.50 bits per heavy atom. The quantitative estimate of drug-likeness (QED) is 0.791. The summed E-state index contributed by atoms with van der Waals surface area (Å²) >= 11 is 0. The molecule has 0 aliphatic heterocycles. The van der Waals surface area contributed by atoms with Gasteiger partial charge in [0.1, 0.15) is 11.9 Å². The molecule has 2 rings (SSSR count). The summed E-state index contributed by atoms with van der Waals surface area (Å²) in [6, 6.07) is 7.77. The number of aryl methyl sites for hydroxylation is 1. The van der Waals surface area contributed by atoms with Crippen molar-refractivity contribution < 1.29 is 9.84 Å². The number of hydrogen-bond donors (Lipinski definition) is 2. The molecular formula is C13H19NO2. The third-order valence-electron chi connectivity index (χ3n) is 3.05. The van der Waals surface area contributed by atoms with E-state index in [1.807, 2.05) is 31.2 Å². The minimum Gasteiger partial charge on any atom is -0.486 e. The molecule has 3 N–H and O–H groups in total. The van der Waals surface area contributed by atoms with Gasteiger partial charge in [-0.15, -0.1) is 0 Å². The zero-order valence-electron chi connectivity index (χ0n) is 9.60. The number of hydrogen-bond acceptors (Lipinski definition) is 3. The highest BCUT2D eigenvalue weighted by Gasteiger charge is 2.34. The Balaban J connectivity index is 2.00. The van der Waals surface area contributed by atoms with Gasteiger partial charge in [-0.3, -0.25) is 0 Å². The Labute approximate surface area is 96.2 Å². The van der Waals surface area contributed by atoms with E-state index in [0.29, 0.717) is 5.92 Å². The molecule has 1 aliphatic carbocycles. The first kappa shape index (κ1) is 11.4. The van der Waals surface area contributed by atoms with Crippen LogP contribution in [0.15, 0.2) is 24.3 Å². The number of nitrogens with two attached hydrogens (primary N) is 1. The monoisotopic (exact) mass is 221 g/mol. The van der Waals surface area contributed by atoms with E-state index in [2.05, 4.69) is 0 Å². The molecule has 0 spiro atoms. The van der Waals surface area contributed by atoms with Gasteiger partial charge in [-0.05, 0) is 43.4 Å². The van der Waals surface area contributed by atoms with Crippen molar-refractivity contribution in [2.24, 2.45) is 11.7 Å². The van der Waals surface area contributed by atoms with Gasteiger partial charge in [-0.25, -0.2) is 0 Å². The standard InChI is InChI=1S/C13H19NO2/c1-9-3-2-4-11(7-9)16-12(8-15)13(14)10-5-6-10/h2-4,7,10,12-13,15H,5-6,8,14H2,1H3. The number of rotatable bonds is 5. The van der Waals surface area contributed by atoms with Crippen LogP contribution in [0, 0.1) is 12.8 Å². The number of aliphatic hydroxyl groups is 1. The zero-order valence-corrected chi connectivity index (χ0v) is 9.60. The lowest BCUT2D eigenvalue weighted by Gasteiger charge is -2.23. The van der Waals surface area contributed by atoms with E-state index in [0.717, 1.165) is 24.2 Å². The molecule has 0 aromatic heterocycles. The molecule has 0 bridgehead atoms. The highest BCUT2D eigenvalue weighted by atomic mass is 16.5. The molecule has 0 radical (unpaired) electrons. The maximum absolute atomic E-state index is 9.30. The van der Waals surface area contributed by atoms with Gasteiger partial charge in [0.05, 0.1) is 6.61 Å². The fourth-order valence-corrected chi connectivity index (χ4v) is 1.89. The fourth-order valence-electron chi connectivity index (χ4n) is 1.89. The molecule has 1 aliphatic rings. The predicted molar refractivity (Wildman–Crippen MR) is 63.4 cm³/mol. The lowest BCUT2D eigenvalue weighted by atomic mass is 10.1. The second kappa shape index (κ2) is 4.85. The van der Waals surface area contributed by atoms with Gasteiger partial charge in [0.15, 0.2) is 0 Å². The minimum atomic E-state index is -0.283. The highest BCUT2D eigenvalue weighted by Crippen LogP contribution is 2.33. The summed E-state index contributed by atoms with van der Waals surface area (Å²) in [7, 11) is 0. The summed E-state index contributed by atoms with van der Waals surface area (Å²) in [6.07, 6.45) is 2.04. The van der Waals surface area contributed by atoms with Crippen LogP contribution in [-0.4, -0.2) is 23.9 Å². The summed E-state index contributed by atoms with van der Waals surface area (Å²) in [6.45, 7) is 1.99. The molecule has 0 amide bonds. The highest BCUT2D eigenvalue weighted by molar-refractivity contribution is 5.27. The van der Waals surface area contributed by atoms with Crippen LogP contribution in [0.3, 0.4) is 0 Å². The van der Waals surface area contributed by atoms with Crippen molar-refractivity contribution in [2.45, 2.75) is 31.9 Å². The minimum absolute atomic E-state index is 0.0222. The summed E-state index contributed by atoms with van der Waals surface area (Å²) in [5.74, 6) is 1.32. The molecular weight excluding hydrogens is 202 g/mol. The SMILES string of the molecule is Cc1cccc(OC(CO)C(N)C2CC2)c1. The van der Waals surface area contributed by atoms with Crippen LogP contribution in [0.25, 0.3) is 0 Å². The smallest absolute Gasteiger partial charge is 0.137 e. The first-order valence-electron chi connectivity index (χ1n) is 5.80. The molecule has 1 saturated carbocycles. The Hall–Kier alpha value is -1.06. The predicted octanol–water partition coefficient (Wildman–Crippen LogP) is 1.47. The summed E-state index contributed by atoms with van der Waals surface area (Å²) in [4.78, 5) is 0. The van der Waals surface area contributed by atoms with E-state index in [-0.39, 0.29) is 18.8 Å². The van der Waals surface area contributed by atoms with Crippen molar-refractivity contribution in [1.29, 1.82) is 0 Å². The van der Waals surface area contributed by atoms with E-state index in [1.165, 1.54) is 0 Å². The molecule has 1 fully saturated rings. The van der Waals surface area contributed by atoms with Gasteiger partial charge in [0, 0.05) is 6.04 Å². The van der Waals surface area contributed by atoms with Crippen molar-refractivity contribution in [3.63, 3.8) is 0 Å². The normalized spacial score (nSPS) is 19.2. The van der Waals surface area contributed by atoms with Gasteiger partial charge in [-0.1, -0.05) is 12.1 Å². The fraction of sp³-hybridized carbons (Fsp3) is 0.538. The average molecular weight is 221 g/mol. The summed E-state index contributed by atoms with van der Waals surface area (Å²) in [5, 5.41) is 9.30. The molecule has 3 nitrogen and oxygen atoms in total. The van der Waals surface area contributed by atoms with Crippen molar-refractivity contribution in [3.05, 3.63) is 29.8 Å². The van der Waals surface area contributed by atoms with Crippen LogP contribution in [0.1, 0.15) is 18.4 Å². The Bertz CT molecular complexity index is 350. The van der Waals surface area contributed by atoms with Crippen molar-refractivity contribution >= 4 is 0 Å². The molecule has 88 valence electrons. The number of aliphatic hydroxyl groups excluding tert-OH is 1. The molecule has 0 saturated heterocycles. The lowest BCUT2D eigenvalue weighted by Crippen LogP contribution is -2.43. The topological polar surface area (TPSA) is 55.5 Å². The van der Waals surface area contributed by atoms with Gasteiger partial charge < -0.3 is 15.6 Å². The molecule has 16 heavy (non-hydrogen) atoms. The maximum Gasteiger partial charge on any atom is 0.137 e. The number of ether oxygens (including phenoxy) is 1. The largest absolute Gasteiger partial charge is 0.486 e. The van der Waals surface area contributed by atoms with E-state index in [4.69, 9.17) is 10.5 Å². The Kier molecular flexibility index (Phi) is 3.46. The van der Waals surface area contributed by atoms with Crippen LogP contribution in [0.2, 0.25) is 0 Å². The third kappa shape index (κ3) is 2.74. The van der Waals surface area contributed by atoms with Gasteiger partial charge in [0.2, 0.25) is 0 Å². The van der Waals surface area contributed by atoms with Gasteiger partial charge in [0.25, 0.3) is 0 Å². The second-order valence-electron chi connectivity index (χ2n) is 4.57.